The van der Waals surface area contributed by atoms with Gasteiger partial charge in [0.15, 0.2) is 6.29 Å². The number of nitrogens with one attached hydrogen (secondary N) is 2. The van der Waals surface area contributed by atoms with Crippen LogP contribution in [0.25, 0.3) is 0 Å². The number of nitrogen functional groups attached to an aromatic ring is 1. The number of carbonyl (C=O) groups excluding carboxylic acids is 2. The van der Waals surface area contributed by atoms with E-state index in [1.807, 2.05) is 78.9 Å². The van der Waals surface area contributed by atoms with Gasteiger partial charge in [-0.25, -0.2) is 4.98 Å². The van der Waals surface area contributed by atoms with Crippen LogP contribution in [-0.2, 0) is 25.7 Å². The van der Waals surface area contributed by atoms with E-state index in [9.17, 15) is 14.7 Å². The van der Waals surface area contributed by atoms with Crippen LogP contribution in [0.4, 0.5) is 17.1 Å². The highest BCUT2D eigenvalue weighted by Crippen LogP contribution is 2.39. The number of para-hydroxylation sites is 2. The van der Waals surface area contributed by atoms with Gasteiger partial charge in [-0.15, -0.1) is 11.8 Å². The molecule has 0 aliphatic carbocycles. The third-order valence-corrected chi connectivity index (χ3v) is 8.98. The predicted molar refractivity (Wildman–Crippen MR) is 186 cm³/mol. The number of hydrogen-bond acceptors (Lipinski definition) is 8. The van der Waals surface area contributed by atoms with Crippen LogP contribution in [0.2, 0.25) is 0 Å². The summed E-state index contributed by atoms with van der Waals surface area (Å²) in [4.78, 5) is 29.4. The topological polar surface area (TPSA) is 136 Å². The number of aromatic nitrogens is 1. The molecule has 3 atom stereocenters. The van der Waals surface area contributed by atoms with E-state index in [0.29, 0.717) is 42.1 Å². The number of anilines is 3. The normalized spacial score (nSPS) is 17.6. The SMILES string of the molecule is Nc1ccccc1NC(=O)CCCCCCC(=O)Nc1cccc(C2OC(CSc3ccccn3)CC(c3ccc(CO)cc3)O2)c1. The molecule has 3 aromatic carbocycles. The Kier molecular flexibility index (Phi) is 12.8. The first kappa shape index (κ1) is 34.1. The molecule has 246 valence electrons. The summed E-state index contributed by atoms with van der Waals surface area (Å²) >= 11 is 1.65. The number of hydrogen-bond donors (Lipinski definition) is 4. The monoisotopic (exact) mass is 654 g/mol. The molecule has 5 N–H and O–H groups in total. The van der Waals surface area contributed by atoms with Crippen molar-refractivity contribution in [2.45, 2.75) is 75.1 Å². The maximum atomic E-state index is 12.8. The minimum absolute atomic E-state index is 0.0104. The summed E-state index contributed by atoms with van der Waals surface area (Å²) in [7, 11) is 0. The van der Waals surface area contributed by atoms with Crippen molar-refractivity contribution in [3.05, 3.63) is 114 Å². The Hall–Kier alpha value is -4.22. The van der Waals surface area contributed by atoms with Gasteiger partial charge >= 0.3 is 0 Å². The third-order valence-electron chi connectivity index (χ3n) is 7.90. The molecular formula is C37H42N4O5S. The maximum Gasteiger partial charge on any atom is 0.224 e. The van der Waals surface area contributed by atoms with Gasteiger partial charge in [0.2, 0.25) is 11.8 Å². The van der Waals surface area contributed by atoms with Crippen molar-refractivity contribution in [3.8, 4) is 0 Å². The molecule has 0 spiro atoms. The first-order valence-corrected chi connectivity index (χ1v) is 17.0. The molecule has 1 fully saturated rings. The van der Waals surface area contributed by atoms with Crippen LogP contribution in [0, 0.1) is 0 Å². The zero-order valence-corrected chi connectivity index (χ0v) is 27.2. The summed E-state index contributed by atoms with van der Waals surface area (Å²) in [6.07, 6.45) is 5.56. The Morgan fingerprint density at radius 3 is 2.30 bits per heavy atom. The summed E-state index contributed by atoms with van der Waals surface area (Å²) < 4.78 is 12.9. The molecule has 2 heterocycles. The van der Waals surface area contributed by atoms with Gasteiger partial charge < -0.3 is 30.9 Å². The summed E-state index contributed by atoms with van der Waals surface area (Å²) in [6.45, 7) is -0.0104. The number of ether oxygens (including phenoxy) is 2. The Morgan fingerprint density at radius 1 is 0.830 bits per heavy atom. The number of carbonyl (C=O) groups is 2. The Balaban J connectivity index is 1.11. The number of nitrogens with two attached hydrogens (primary N) is 1. The number of thioether (sulfide) groups is 1. The van der Waals surface area contributed by atoms with Gasteiger partial charge in [-0.2, -0.15) is 0 Å². The van der Waals surface area contributed by atoms with E-state index in [1.165, 1.54) is 0 Å². The Morgan fingerprint density at radius 2 is 1.57 bits per heavy atom. The number of pyridine rings is 1. The number of aliphatic hydroxyl groups is 1. The molecule has 0 bridgehead atoms. The van der Waals surface area contributed by atoms with Crippen molar-refractivity contribution in [1.82, 2.24) is 4.98 Å². The number of rotatable bonds is 15. The minimum Gasteiger partial charge on any atom is -0.397 e. The zero-order valence-electron chi connectivity index (χ0n) is 26.3. The molecule has 47 heavy (non-hydrogen) atoms. The lowest BCUT2D eigenvalue weighted by atomic mass is 10.0. The molecule has 0 radical (unpaired) electrons. The molecule has 10 heteroatoms. The van der Waals surface area contributed by atoms with Crippen LogP contribution in [-0.4, -0.2) is 33.8 Å². The van der Waals surface area contributed by atoms with Gasteiger partial charge in [0, 0.05) is 42.5 Å². The van der Waals surface area contributed by atoms with Gasteiger partial charge in [0.05, 0.1) is 35.2 Å². The van der Waals surface area contributed by atoms with E-state index in [4.69, 9.17) is 15.2 Å². The van der Waals surface area contributed by atoms with E-state index >= 15 is 0 Å². The zero-order chi connectivity index (χ0) is 32.8. The number of nitrogens with zero attached hydrogens (tertiary/aromatic N) is 1. The summed E-state index contributed by atoms with van der Waals surface area (Å²) in [5, 5.41) is 16.3. The smallest absolute Gasteiger partial charge is 0.224 e. The number of amides is 2. The van der Waals surface area contributed by atoms with Crippen molar-refractivity contribution in [2.75, 3.05) is 22.1 Å². The average Bonchev–Trinajstić information content (AvgIpc) is 3.10. The molecule has 9 nitrogen and oxygen atoms in total. The van der Waals surface area contributed by atoms with Crippen molar-refractivity contribution >= 4 is 40.6 Å². The van der Waals surface area contributed by atoms with E-state index < -0.39 is 6.29 Å². The highest BCUT2D eigenvalue weighted by atomic mass is 32.2. The van der Waals surface area contributed by atoms with Gasteiger partial charge in [-0.05, 0) is 60.4 Å². The minimum atomic E-state index is -0.618. The first-order chi connectivity index (χ1) is 23.0. The van der Waals surface area contributed by atoms with E-state index in [0.717, 1.165) is 47.4 Å². The number of unbranched alkanes of at least 4 members (excludes halogenated alkanes) is 3. The Bertz CT molecular complexity index is 1590. The molecular weight excluding hydrogens is 612 g/mol. The van der Waals surface area contributed by atoms with E-state index in [-0.39, 0.29) is 30.6 Å². The predicted octanol–water partition coefficient (Wildman–Crippen LogP) is 7.41. The van der Waals surface area contributed by atoms with Crippen LogP contribution >= 0.6 is 11.8 Å². The molecule has 1 saturated heterocycles. The van der Waals surface area contributed by atoms with Crippen LogP contribution in [0.1, 0.15) is 74.0 Å². The first-order valence-electron chi connectivity index (χ1n) is 16.1. The highest BCUT2D eigenvalue weighted by molar-refractivity contribution is 7.99. The van der Waals surface area contributed by atoms with E-state index in [2.05, 4.69) is 15.6 Å². The molecule has 5 rings (SSSR count). The maximum absolute atomic E-state index is 12.8. The highest BCUT2D eigenvalue weighted by Gasteiger charge is 2.32. The lowest BCUT2D eigenvalue weighted by Crippen LogP contribution is -2.31. The van der Waals surface area contributed by atoms with Gasteiger partial charge in [0.25, 0.3) is 0 Å². The second kappa shape index (κ2) is 17.6. The van der Waals surface area contributed by atoms with Gasteiger partial charge in [0.1, 0.15) is 0 Å². The van der Waals surface area contributed by atoms with Crippen LogP contribution < -0.4 is 16.4 Å². The summed E-state index contributed by atoms with van der Waals surface area (Å²) in [6, 6.07) is 28.5. The van der Waals surface area contributed by atoms with Crippen LogP contribution in [0.15, 0.2) is 102 Å². The fraction of sp³-hybridized carbons (Fsp3) is 0.324. The summed E-state index contributed by atoms with van der Waals surface area (Å²) in [5.41, 5.74) is 10.4. The molecule has 0 saturated carbocycles. The quantitative estimate of drug-likeness (QED) is 0.0591. The van der Waals surface area contributed by atoms with Gasteiger partial charge in [-0.3, -0.25) is 9.59 Å². The second-order valence-corrected chi connectivity index (χ2v) is 12.6. The fourth-order valence-corrected chi connectivity index (χ4v) is 6.25. The standard InChI is InChI=1S/C37H42N4O5S/c38-31-12-5-6-13-32(31)41-35(44)15-4-2-1-3-14-34(43)40-29-11-9-10-28(22-29)37-45-30(25-47-36-16-7-8-21-39-36)23-33(46-37)27-19-17-26(24-42)18-20-27/h5-13,16-22,30,33,37,42H,1-4,14-15,23-25,38H2,(H,40,43)(H,41,44). The van der Waals surface area contributed by atoms with Crippen molar-refractivity contribution in [3.63, 3.8) is 0 Å². The fourth-order valence-electron chi connectivity index (χ4n) is 5.37. The van der Waals surface area contributed by atoms with Crippen LogP contribution in [0.5, 0.6) is 0 Å². The molecule has 4 aromatic rings. The molecule has 1 aromatic heterocycles. The molecule has 1 aliphatic rings. The lowest BCUT2D eigenvalue weighted by Gasteiger charge is -2.36. The molecule has 3 unspecified atom stereocenters. The third kappa shape index (κ3) is 10.7. The molecule has 2 amide bonds. The lowest BCUT2D eigenvalue weighted by molar-refractivity contribution is -0.245. The largest absolute Gasteiger partial charge is 0.397 e. The number of benzene rings is 3. The molecule has 1 aliphatic heterocycles. The van der Waals surface area contributed by atoms with Crippen molar-refractivity contribution in [1.29, 1.82) is 0 Å². The second-order valence-electron chi connectivity index (χ2n) is 11.6. The van der Waals surface area contributed by atoms with Crippen LogP contribution in [0.3, 0.4) is 0 Å². The Labute approximate surface area is 280 Å². The summed E-state index contributed by atoms with van der Waals surface area (Å²) in [5.74, 6) is 0.595. The van der Waals surface area contributed by atoms with Gasteiger partial charge in [-0.1, -0.05) is 67.4 Å². The van der Waals surface area contributed by atoms with E-state index in [1.54, 1.807) is 30.1 Å². The van der Waals surface area contributed by atoms with Crippen molar-refractivity contribution in [2.24, 2.45) is 0 Å². The average molecular weight is 655 g/mol. The van der Waals surface area contributed by atoms with Crippen molar-refractivity contribution < 1.29 is 24.2 Å². The number of aliphatic hydroxyl groups excluding tert-OH is 1.